The van der Waals surface area contributed by atoms with Gasteiger partial charge in [-0.25, -0.2) is 0 Å². The predicted molar refractivity (Wildman–Crippen MR) is 107 cm³/mol. The third kappa shape index (κ3) is 3.14. The Labute approximate surface area is 153 Å². The minimum Gasteiger partial charge on any atom is -0.347 e. The minimum atomic E-state index is -0.190. The van der Waals surface area contributed by atoms with E-state index in [1.54, 1.807) is 0 Å². The number of amides is 1. The number of allylic oxidation sites excluding steroid dienone is 1. The van der Waals surface area contributed by atoms with Crippen LogP contribution in [-0.4, -0.2) is 12.5 Å². The number of benzene rings is 3. The van der Waals surface area contributed by atoms with Crippen LogP contribution in [0.4, 0.5) is 0 Å². The summed E-state index contributed by atoms with van der Waals surface area (Å²) in [7, 11) is 0. The van der Waals surface area contributed by atoms with Gasteiger partial charge in [0, 0.05) is 6.54 Å². The van der Waals surface area contributed by atoms with E-state index < -0.39 is 0 Å². The molecule has 0 saturated heterocycles. The van der Waals surface area contributed by atoms with Gasteiger partial charge in [0.2, 0.25) is 5.91 Å². The lowest BCUT2D eigenvalue weighted by atomic mass is 9.86. The summed E-state index contributed by atoms with van der Waals surface area (Å²) >= 11 is 0. The molecule has 0 heterocycles. The summed E-state index contributed by atoms with van der Waals surface area (Å²) in [5, 5.41) is 5.50. The van der Waals surface area contributed by atoms with Gasteiger partial charge in [-0.3, -0.25) is 4.79 Å². The van der Waals surface area contributed by atoms with Crippen molar-refractivity contribution in [1.29, 1.82) is 0 Å². The van der Waals surface area contributed by atoms with Crippen molar-refractivity contribution >= 4 is 22.8 Å². The van der Waals surface area contributed by atoms with Crippen LogP contribution in [0.3, 0.4) is 0 Å². The topological polar surface area (TPSA) is 55.1 Å². The molecule has 3 N–H and O–H groups in total. The third-order valence-electron chi connectivity index (χ3n) is 5.09. The van der Waals surface area contributed by atoms with E-state index in [2.05, 4.69) is 53.9 Å². The lowest BCUT2D eigenvalue weighted by Gasteiger charge is -2.25. The molecule has 4 rings (SSSR count). The highest BCUT2D eigenvalue weighted by molar-refractivity contribution is 5.87. The summed E-state index contributed by atoms with van der Waals surface area (Å²) in [5.74, 6) is -0.129. The van der Waals surface area contributed by atoms with Crippen LogP contribution in [0.1, 0.15) is 35.1 Å². The number of fused-ring (bicyclic) bond motifs is 2. The van der Waals surface area contributed by atoms with Crippen LogP contribution >= 0.6 is 0 Å². The second-order valence-electron chi connectivity index (χ2n) is 6.72. The quantitative estimate of drug-likeness (QED) is 0.748. The van der Waals surface area contributed by atoms with Crippen LogP contribution in [0, 0.1) is 0 Å². The van der Waals surface area contributed by atoms with Gasteiger partial charge in [-0.05, 0) is 39.9 Å². The standard InChI is InChI=1S/C23H22N2O/c24-15-22(19-13-12-16-6-1-2-8-18(16)14-19)25-23(26)21-11-5-9-17-7-3-4-10-20(17)21/h1-10,12-14,21-22H,11,15,24H2,(H,25,26). The zero-order valence-electron chi connectivity index (χ0n) is 14.6. The molecule has 3 aromatic carbocycles. The first-order valence-corrected chi connectivity index (χ1v) is 9.01. The molecule has 0 spiro atoms. The maximum Gasteiger partial charge on any atom is 0.228 e. The van der Waals surface area contributed by atoms with Crippen LogP contribution in [0.25, 0.3) is 16.8 Å². The van der Waals surface area contributed by atoms with E-state index in [-0.39, 0.29) is 17.9 Å². The van der Waals surface area contributed by atoms with Crippen LogP contribution < -0.4 is 11.1 Å². The zero-order chi connectivity index (χ0) is 17.9. The van der Waals surface area contributed by atoms with Crippen molar-refractivity contribution in [2.45, 2.75) is 18.4 Å². The van der Waals surface area contributed by atoms with Crippen molar-refractivity contribution in [3.63, 3.8) is 0 Å². The number of carbonyl (C=O) groups excluding carboxylic acids is 1. The van der Waals surface area contributed by atoms with Gasteiger partial charge in [-0.2, -0.15) is 0 Å². The van der Waals surface area contributed by atoms with E-state index in [4.69, 9.17) is 5.73 Å². The number of hydrogen-bond donors (Lipinski definition) is 2. The van der Waals surface area contributed by atoms with Gasteiger partial charge in [0.05, 0.1) is 12.0 Å². The number of carbonyl (C=O) groups is 1. The molecule has 130 valence electrons. The van der Waals surface area contributed by atoms with Gasteiger partial charge in [0.25, 0.3) is 0 Å². The molecule has 2 unspecified atom stereocenters. The van der Waals surface area contributed by atoms with Gasteiger partial charge in [-0.15, -0.1) is 0 Å². The van der Waals surface area contributed by atoms with E-state index in [0.717, 1.165) is 28.5 Å². The molecule has 0 radical (unpaired) electrons. The van der Waals surface area contributed by atoms with Crippen molar-refractivity contribution in [3.05, 3.63) is 89.5 Å². The molecule has 1 amide bonds. The fraction of sp³-hybridized carbons (Fsp3) is 0.174. The highest BCUT2D eigenvalue weighted by Gasteiger charge is 2.25. The van der Waals surface area contributed by atoms with E-state index in [1.165, 1.54) is 5.39 Å². The lowest BCUT2D eigenvalue weighted by molar-refractivity contribution is -0.123. The Kier molecular flexibility index (Phi) is 4.55. The third-order valence-corrected chi connectivity index (χ3v) is 5.09. The molecule has 3 heteroatoms. The molecule has 0 saturated carbocycles. The molecule has 3 nitrogen and oxygen atoms in total. The highest BCUT2D eigenvalue weighted by Crippen LogP contribution is 2.30. The van der Waals surface area contributed by atoms with Gasteiger partial charge < -0.3 is 11.1 Å². The average Bonchev–Trinajstić information content (AvgIpc) is 2.71. The SMILES string of the molecule is NCC(NC(=O)C1CC=Cc2ccccc21)c1ccc2ccccc2c1. The summed E-state index contributed by atoms with van der Waals surface area (Å²) in [5.41, 5.74) is 9.24. The summed E-state index contributed by atoms with van der Waals surface area (Å²) in [6.45, 7) is 0.369. The van der Waals surface area contributed by atoms with Crippen molar-refractivity contribution in [3.8, 4) is 0 Å². The van der Waals surface area contributed by atoms with Crippen LogP contribution in [0.5, 0.6) is 0 Å². The molecule has 1 aliphatic carbocycles. The van der Waals surface area contributed by atoms with Crippen molar-refractivity contribution in [2.24, 2.45) is 5.73 Å². The normalized spacial score (nSPS) is 16.9. The zero-order valence-corrected chi connectivity index (χ0v) is 14.6. The molecule has 26 heavy (non-hydrogen) atoms. The summed E-state index contributed by atoms with van der Waals surface area (Å²) in [6, 6.07) is 22.3. The summed E-state index contributed by atoms with van der Waals surface area (Å²) in [6.07, 6.45) is 4.88. The number of hydrogen-bond acceptors (Lipinski definition) is 2. The molecular formula is C23H22N2O. The molecule has 2 atom stereocenters. The average molecular weight is 342 g/mol. The van der Waals surface area contributed by atoms with Gasteiger partial charge >= 0.3 is 0 Å². The van der Waals surface area contributed by atoms with Crippen molar-refractivity contribution in [2.75, 3.05) is 6.54 Å². The molecular weight excluding hydrogens is 320 g/mol. The second kappa shape index (κ2) is 7.14. The maximum absolute atomic E-state index is 13.0. The first-order chi connectivity index (χ1) is 12.8. The Hall–Kier alpha value is -2.91. The number of nitrogens with two attached hydrogens (primary N) is 1. The monoisotopic (exact) mass is 342 g/mol. The van der Waals surface area contributed by atoms with Crippen molar-refractivity contribution in [1.82, 2.24) is 5.32 Å². The number of rotatable bonds is 4. The number of nitrogens with one attached hydrogen (secondary N) is 1. The fourth-order valence-corrected chi connectivity index (χ4v) is 3.66. The Balaban J connectivity index is 1.58. The first kappa shape index (κ1) is 16.6. The van der Waals surface area contributed by atoms with Gasteiger partial charge in [0.15, 0.2) is 0 Å². The van der Waals surface area contributed by atoms with E-state index in [9.17, 15) is 4.79 Å². The van der Waals surface area contributed by atoms with E-state index in [1.807, 2.05) is 30.3 Å². The largest absolute Gasteiger partial charge is 0.347 e. The molecule has 0 aromatic heterocycles. The Bertz CT molecular complexity index is 977. The van der Waals surface area contributed by atoms with E-state index in [0.29, 0.717) is 6.54 Å². The minimum absolute atomic E-state index is 0.0328. The maximum atomic E-state index is 13.0. The molecule has 0 aliphatic heterocycles. The molecule has 0 bridgehead atoms. The van der Waals surface area contributed by atoms with Crippen LogP contribution in [-0.2, 0) is 4.79 Å². The molecule has 0 fully saturated rings. The second-order valence-corrected chi connectivity index (χ2v) is 6.72. The predicted octanol–water partition coefficient (Wildman–Crippen LogP) is 4.16. The summed E-state index contributed by atoms with van der Waals surface area (Å²) in [4.78, 5) is 13.0. The van der Waals surface area contributed by atoms with E-state index >= 15 is 0 Å². The lowest BCUT2D eigenvalue weighted by Crippen LogP contribution is -2.37. The molecule has 1 aliphatic rings. The first-order valence-electron chi connectivity index (χ1n) is 9.01. The Morgan fingerprint density at radius 2 is 1.81 bits per heavy atom. The smallest absolute Gasteiger partial charge is 0.228 e. The summed E-state index contributed by atoms with van der Waals surface area (Å²) < 4.78 is 0. The van der Waals surface area contributed by atoms with Crippen LogP contribution in [0.2, 0.25) is 0 Å². The van der Waals surface area contributed by atoms with Crippen molar-refractivity contribution < 1.29 is 4.79 Å². The van der Waals surface area contributed by atoms with Gasteiger partial charge in [0.1, 0.15) is 0 Å². The Morgan fingerprint density at radius 1 is 1.04 bits per heavy atom. The van der Waals surface area contributed by atoms with Crippen LogP contribution in [0.15, 0.2) is 72.8 Å². The Morgan fingerprint density at radius 3 is 2.65 bits per heavy atom. The highest BCUT2D eigenvalue weighted by atomic mass is 16.1. The van der Waals surface area contributed by atoms with Gasteiger partial charge in [-0.1, -0.05) is 72.8 Å². The fourth-order valence-electron chi connectivity index (χ4n) is 3.66. The molecule has 3 aromatic rings.